The third-order valence-corrected chi connectivity index (χ3v) is 2.08. The van der Waals surface area contributed by atoms with Crippen molar-refractivity contribution >= 4 is 29.3 Å². The molecule has 0 fully saturated rings. The molecule has 1 rings (SSSR count). The van der Waals surface area contributed by atoms with E-state index >= 15 is 0 Å². The zero-order valence-electron chi connectivity index (χ0n) is 6.43. The number of nitrogens with two attached hydrogens (primary N) is 1. The first-order valence-corrected chi connectivity index (χ1v) is 4.32. The van der Waals surface area contributed by atoms with Crippen LogP contribution in [0.3, 0.4) is 0 Å². The molecule has 0 saturated heterocycles. The molecule has 0 aliphatic heterocycles. The summed E-state index contributed by atoms with van der Waals surface area (Å²) in [6, 6.07) is 5.40. The molecule has 12 heavy (non-hydrogen) atoms. The minimum atomic E-state index is 0.488. The molecule has 0 atom stereocenters. The fraction of sp³-hybridized carbons (Fsp3) is 0.111. The zero-order valence-corrected chi connectivity index (χ0v) is 7.94. The van der Waals surface area contributed by atoms with Gasteiger partial charge < -0.3 is 5.73 Å². The summed E-state index contributed by atoms with van der Waals surface area (Å²) in [7, 11) is 0. The summed E-state index contributed by atoms with van der Waals surface area (Å²) in [6.07, 6.45) is 3.64. The Hall–Kier alpha value is -0.500. The maximum absolute atomic E-state index is 5.89. The summed E-state index contributed by atoms with van der Waals surface area (Å²) in [4.78, 5) is 0. The van der Waals surface area contributed by atoms with Crippen LogP contribution in [-0.4, -0.2) is 6.54 Å². The Bertz CT molecular complexity index is 274. The second-order valence-corrected chi connectivity index (χ2v) is 3.09. The molecule has 0 saturated carbocycles. The Balaban J connectivity index is 3.04. The van der Waals surface area contributed by atoms with E-state index in [0.717, 1.165) is 5.56 Å². The quantitative estimate of drug-likeness (QED) is 0.783. The smallest absolute Gasteiger partial charge is 0.0493 e. The molecule has 0 aliphatic carbocycles. The van der Waals surface area contributed by atoms with Crippen molar-refractivity contribution in [2.45, 2.75) is 0 Å². The molecule has 0 heterocycles. The standard InChI is InChI=1S/C9H9Cl2N/c10-8-4-1-5-9(11)7(8)3-2-6-12/h1-5H,6,12H2. The average Bonchev–Trinajstić information content (AvgIpc) is 2.04. The molecule has 2 N–H and O–H groups in total. The van der Waals surface area contributed by atoms with Crippen LogP contribution in [-0.2, 0) is 0 Å². The minimum absolute atomic E-state index is 0.488. The van der Waals surface area contributed by atoms with Crippen LogP contribution in [0.4, 0.5) is 0 Å². The van der Waals surface area contributed by atoms with Crippen molar-refractivity contribution in [3.8, 4) is 0 Å². The van der Waals surface area contributed by atoms with Crippen molar-refractivity contribution in [3.05, 3.63) is 39.9 Å². The van der Waals surface area contributed by atoms with E-state index in [9.17, 15) is 0 Å². The zero-order chi connectivity index (χ0) is 8.97. The van der Waals surface area contributed by atoms with Crippen molar-refractivity contribution in [3.63, 3.8) is 0 Å². The van der Waals surface area contributed by atoms with Gasteiger partial charge in [0.1, 0.15) is 0 Å². The highest BCUT2D eigenvalue weighted by atomic mass is 35.5. The summed E-state index contributed by atoms with van der Waals surface area (Å²) < 4.78 is 0. The Morgan fingerprint density at radius 1 is 1.25 bits per heavy atom. The molecular weight excluding hydrogens is 193 g/mol. The molecule has 0 unspecified atom stereocenters. The van der Waals surface area contributed by atoms with Crippen molar-refractivity contribution in [2.24, 2.45) is 5.73 Å². The molecule has 0 spiro atoms. The molecule has 0 aromatic heterocycles. The van der Waals surface area contributed by atoms with Gasteiger partial charge in [0.15, 0.2) is 0 Å². The van der Waals surface area contributed by atoms with Gasteiger partial charge in [0.25, 0.3) is 0 Å². The minimum Gasteiger partial charge on any atom is -0.327 e. The molecule has 0 radical (unpaired) electrons. The third kappa shape index (κ3) is 2.24. The van der Waals surface area contributed by atoms with Crippen LogP contribution in [0.2, 0.25) is 10.0 Å². The molecule has 1 nitrogen and oxygen atoms in total. The van der Waals surface area contributed by atoms with Crippen molar-refractivity contribution in [1.82, 2.24) is 0 Å². The van der Waals surface area contributed by atoms with Gasteiger partial charge in [0.05, 0.1) is 0 Å². The molecule has 0 aliphatic rings. The predicted octanol–water partition coefficient (Wildman–Crippen LogP) is 2.97. The first-order valence-electron chi connectivity index (χ1n) is 3.56. The number of hydrogen-bond acceptors (Lipinski definition) is 1. The average molecular weight is 202 g/mol. The summed E-state index contributed by atoms with van der Waals surface area (Å²) in [5.41, 5.74) is 6.13. The van der Waals surface area contributed by atoms with E-state index in [1.54, 1.807) is 12.1 Å². The van der Waals surface area contributed by atoms with Crippen LogP contribution in [0, 0.1) is 0 Å². The maximum Gasteiger partial charge on any atom is 0.0493 e. The van der Waals surface area contributed by atoms with Gasteiger partial charge in [-0.05, 0) is 12.1 Å². The molecular formula is C9H9Cl2N. The first kappa shape index (κ1) is 9.59. The summed E-state index contributed by atoms with van der Waals surface area (Å²) in [5.74, 6) is 0. The van der Waals surface area contributed by atoms with Crippen molar-refractivity contribution in [2.75, 3.05) is 6.54 Å². The lowest BCUT2D eigenvalue weighted by Crippen LogP contribution is -1.92. The van der Waals surface area contributed by atoms with Gasteiger partial charge >= 0.3 is 0 Å². The lowest BCUT2D eigenvalue weighted by molar-refractivity contribution is 1.26. The molecule has 64 valence electrons. The van der Waals surface area contributed by atoms with E-state index in [2.05, 4.69) is 0 Å². The van der Waals surface area contributed by atoms with Crippen molar-refractivity contribution in [1.29, 1.82) is 0 Å². The van der Waals surface area contributed by atoms with E-state index < -0.39 is 0 Å². The van der Waals surface area contributed by atoms with Crippen LogP contribution in [0.15, 0.2) is 24.3 Å². The van der Waals surface area contributed by atoms with Gasteiger partial charge in [-0.15, -0.1) is 0 Å². The van der Waals surface area contributed by atoms with Crippen LogP contribution in [0.5, 0.6) is 0 Å². The molecule has 3 heteroatoms. The lowest BCUT2D eigenvalue weighted by atomic mass is 10.2. The Labute approximate surface area is 81.8 Å². The fourth-order valence-corrected chi connectivity index (χ4v) is 1.38. The van der Waals surface area contributed by atoms with Crippen LogP contribution < -0.4 is 5.73 Å². The van der Waals surface area contributed by atoms with E-state index in [1.165, 1.54) is 0 Å². The van der Waals surface area contributed by atoms with Gasteiger partial charge in [0, 0.05) is 22.2 Å². The number of rotatable bonds is 2. The predicted molar refractivity (Wildman–Crippen MR) is 54.6 cm³/mol. The normalized spacial score (nSPS) is 10.9. The first-order chi connectivity index (χ1) is 5.75. The van der Waals surface area contributed by atoms with E-state index in [-0.39, 0.29) is 0 Å². The third-order valence-electron chi connectivity index (χ3n) is 1.42. The van der Waals surface area contributed by atoms with Crippen LogP contribution in [0.25, 0.3) is 6.08 Å². The summed E-state index contributed by atoms with van der Waals surface area (Å²) in [6.45, 7) is 0.488. The highest BCUT2D eigenvalue weighted by Gasteiger charge is 1.99. The molecule has 0 bridgehead atoms. The second kappa shape index (κ2) is 4.51. The van der Waals surface area contributed by atoms with E-state index in [0.29, 0.717) is 16.6 Å². The van der Waals surface area contributed by atoms with Crippen LogP contribution in [0.1, 0.15) is 5.56 Å². The highest BCUT2D eigenvalue weighted by Crippen LogP contribution is 2.25. The Morgan fingerprint density at radius 2 is 1.83 bits per heavy atom. The highest BCUT2D eigenvalue weighted by molar-refractivity contribution is 6.37. The van der Waals surface area contributed by atoms with Gasteiger partial charge in [-0.3, -0.25) is 0 Å². The second-order valence-electron chi connectivity index (χ2n) is 2.27. The van der Waals surface area contributed by atoms with Crippen molar-refractivity contribution < 1.29 is 0 Å². The largest absolute Gasteiger partial charge is 0.327 e. The van der Waals surface area contributed by atoms with Gasteiger partial charge in [-0.1, -0.05) is 41.4 Å². The molecule has 1 aromatic rings. The summed E-state index contributed by atoms with van der Waals surface area (Å²) in [5, 5.41) is 1.29. The Morgan fingerprint density at radius 3 is 2.33 bits per heavy atom. The maximum atomic E-state index is 5.89. The van der Waals surface area contributed by atoms with Crippen LogP contribution >= 0.6 is 23.2 Å². The number of benzene rings is 1. The number of hydrogen-bond donors (Lipinski definition) is 1. The van der Waals surface area contributed by atoms with Gasteiger partial charge in [0.2, 0.25) is 0 Å². The fourth-order valence-electron chi connectivity index (χ4n) is 0.856. The Kier molecular flexibility index (Phi) is 3.60. The molecule has 1 aromatic carbocycles. The van der Waals surface area contributed by atoms with E-state index in [1.807, 2.05) is 18.2 Å². The van der Waals surface area contributed by atoms with Gasteiger partial charge in [-0.25, -0.2) is 0 Å². The lowest BCUT2D eigenvalue weighted by Gasteiger charge is -1.99. The van der Waals surface area contributed by atoms with E-state index in [4.69, 9.17) is 28.9 Å². The molecule has 0 amide bonds. The summed E-state index contributed by atoms with van der Waals surface area (Å²) >= 11 is 11.8. The van der Waals surface area contributed by atoms with Gasteiger partial charge in [-0.2, -0.15) is 0 Å². The SMILES string of the molecule is NCC=Cc1c(Cl)cccc1Cl. The number of halogens is 2. The monoisotopic (exact) mass is 201 g/mol. The topological polar surface area (TPSA) is 26.0 Å².